The summed E-state index contributed by atoms with van der Waals surface area (Å²) < 4.78 is 12.0. The predicted molar refractivity (Wildman–Crippen MR) is 123 cm³/mol. The summed E-state index contributed by atoms with van der Waals surface area (Å²) in [6, 6.07) is 9.77. The van der Waals surface area contributed by atoms with Gasteiger partial charge in [0.2, 0.25) is 0 Å². The molecular formula is C24H21N3O7. The molecule has 3 aromatic rings. The molecule has 34 heavy (non-hydrogen) atoms. The Hall–Kier alpha value is -4.60. The van der Waals surface area contributed by atoms with Crippen LogP contribution in [0.5, 0.6) is 11.5 Å². The van der Waals surface area contributed by atoms with Gasteiger partial charge in [-0.1, -0.05) is 18.2 Å². The molecule has 0 bridgehead atoms. The number of ether oxygens (including phenoxy) is 2. The summed E-state index contributed by atoms with van der Waals surface area (Å²) in [5.74, 6) is -2.09. The number of rotatable bonds is 6. The molecular weight excluding hydrogens is 442 g/mol. The van der Waals surface area contributed by atoms with Gasteiger partial charge in [-0.15, -0.1) is 0 Å². The number of amides is 4. The average molecular weight is 463 g/mol. The van der Waals surface area contributed by atoms with E-state index >= 15 is 0 Å². The second kappa shape index (κ2) is 8.74. The van der Waals surface area contributed by atoms with Gasteiger partial charge in [0.25, 0.3) is 11.8 Å². The van der Waals surface area contributed by atoms with Crippen LogP contribution >= 0.6 is 0 Å². The number of carbonyl (C=O) groups is 4. The highest BCUT2D eigenvalue weighted by molar-refractivity contribution is 6.39. The maximum Gasteiger partial charge on any atom is 0.336 e. The van der Waals surface area contributed by atoms with Crippen molar-refractivity contribution in [2.75, 3.05) is 19.1 Å². The zero-order valence-electron chi connectivity index (χ0n) is 18.6. The third kappa shape index (κ3) is 3.75. The summed E-state index contributed by atoms with van der Waals surface area (Å²) in [4.78, 5) is 51.0. The molecule has 1 fully saturated rings. The van der Waals surface area contributed by atoms with Crippen molar-refractivity contribution in [1.29, 1.82) is 0 Å². The van der Waals surface area contributed by atoms with Crippen molar-refractivity contribution in [1.82, 2.24) is 9.88 Å². The molecule has 4 amide bonds. The smallest absolute Gasteiger partial charge is 0.336 e. The molecule has 4 rings (SSSR count). The number of barbiturate groups is 1. The van der Waals surface area contributed by atoms with Gasteiger partial charge in [0, 0.05) is 28.7 Å². The third-order valence-electron chi connectivity index (χ3n) is 5.58. The number of hydrogen-bond acceptors (Lipinski definition) is 6. The molecule has 1 aliphatic rings. The van der Waals surface area contributed by atoms with Crippen molar-refractivity contribution < 1.29 is 33.8 Å². The average Bonchev–Trinajstić information content (AvgIpc) is 3.19. The van der Waals surface area contributed by atoms with Gasteiger partial charge in [-0.2, -0.15) is 0 Å². The largest absolute Gasteiger partial charge is 0.497 e. The van der Waals surface area contributed by atoms with Gasteiger partial charge < -0.3 is 19.1 Å². The number of anilines is 1. The number of urea groups is 1. The molecule has 0 radical (unpaired) electrons. The second-order valence-electron chi connectivity index (χ2n) is 7.52. The van der Waals surface area contributed by atoms with Gasteiger partial charge in [0.1, 0.15) is 23.1 Å². The number of imide groups is 2. The van der Waals surface area contributed by atoms with Crippen LogP contribution in [-0.4, -0.2) is 47.7 Å². The van der Waals surface area contributed by atoms with Crippen molar-refractivity contribution in [2.24, 2.45) is 0 Å². The molecule has 1 aliphatic heterocycles. The lowest BCUT2D eigenvalue weighted by atomic mass is 10.1. The van der Waals surface area contributed by atoms with E-state index in [1.807, 2.05) is 0 Å². The minimum atomic E-state index is -1.03. The minimum Gasteiger partial charge on any atom is -0.497 e. The Bertz CT molecular complexity index is 1370. The number of nitrogens with one attached hydrogen (secondary N) is 1. The summed E-state index contributed by atoms with van der Waals surface area (Å²) >= 11 is 0. The standard InChI is InChI=1S/C24H21N3O7/c1-13(23(30)31)26-12-14(16-6-4-5-7-18(16)26)10-17-21(28)25-24(32)27(22(17)29)19-9-8-15(33-2)11-20(19)34-3/h4-13H,1-3H3,(H,30,31)(H,25,28,32)/b17-10-. The fourth-order valence-electron chi connectivity index (χ4n) is 3.79. The van der Waals surface area contributed by atoms with Gasteiger partial charge in [0.15, 0.2) is 0 Å². The number of carbonyl (C=O) groups excluding carboxylic acids is 3. The fourth-order valence-corrected chi connectivity index (χ4v) is 3.79. The summed E-state index contributed by atoms with van der Waals surface area (Å²) in [6.07, 6.45) is 2.91. The Morgan fingerprint density at radius 3 is 2.50 bits per heavy atom. The highest BCUT2D eigenvalue weighted by Gasteiger charge is 2.38. The number of aromatic nitrogens is 1. The van der Waals surface area contributed by atoms with E-state index in [-0.39, 0.29) is 17.0 Å². The van der Waals surface area contributed by atoms with Gasteiger partial charge in [-0.05, 0) is 31.2 Å². The Kier molecular flexibility index (Phi) is 5.80. The Morgan fingerprint density at radius 1 is 1.09 bits per heavy atom. The van der Waals surface area contributed by atoms with Crippen molar-refractivity contribution >= 4 is 46.5 Å². The molecule has 1 atom stereocenters. The number of benzene rings is 2. The van der Waals surface area contributed by atoms with Crippen LogP contribution < -0.4 is 19.7 Å². The molecule has 1 unspecified atom stereocenters. The fraction of sp³-hybridized carbons (Fsp3) is 0.167. The first-order valence-electron chi connectivity index (χ1n) is 10.2. The molecule has 0 aliphatic carbocycles. The van der Waals surface area contributed by atoms with Crippen molar-refractivity contribution in [2.45, 2.75) is 13.0 Å². The number of aliphatic carboxylic acids is 1. The van der Waals surface area contributed by atoms with Crippen LogP contribution in [0.25, 0.3) is 17.0 Å². The lowest BCUT2D eigenvalue weighted by Crippen LogP contribution is -2.54. The van der Waals surface area contributed by atoms with Gasteiger partial charge in [-0.3, -0.25) is 14.9 Å². The first kappa shape index (κ1) is 22.6. The maximum absolute atomic E-state index is 13.3. The molecule has 0 spiro atoms. The second-order valence-corrected chi connectivity index (χ2v) is 7.52. The number of carboxylic acid groups (broad SMARTS) is 1. The van der Waals surface area contributed by atoms with E-state index in [2.05, 4.69) is 5.32 Å². The van der Waals surface area contributed by atoms with Gasteiger partial charge in [-0.25, -0.2) is 14.5 Å². The number of methoxy groups -OCH3 is 2. The molecule has 174 valence electrons. The summed E-state index contributed by atoms with van der Waals surface area (Å²) in [7, 11) is 2.85. The molecule has 10 heteroatoms. The quantitative estimate of drug-likeness (QED) is 0.425. The topological polar surface area (TPSA) is 127 Å². The first-order valence-corrected chi connectivity index (χ1v) is 10.2. The van der Waals surface area contributed by atoms with Crippen LogP contribution in [0.4, 0.5) is 10.5 Å². The van der Waals surface area contributed by atoms with Gasteiger partial charge in [0.05, 0.1) is 19.9 Å². The summed E-state index contributed by atoms with van der Waals surface area (Å²) in [5.41, 5.74) is 0.922. The van der Waals surface area contributed by atoms with Crippen molar-refractivity contribution in [3.8, 4) is 11.5 Å². The van der Waals surface area contributed by atoms with E-state index in [4.69, 9.17) is 9.47 Å². The molecule has 0 saturated carbocycles. The Labute approximate surface area is 194 Å². The lowest BCUT2D eigenvalue weighted by molar-refractivity contribution is -0.140. The zero-order valence-corrected chi connectivity index (χ0v) is 18.6. The van der Waals surface area contributed by atoms with Crippen molar-refractivity contribution in [3.05, 3.63) is 59.8 Å². The molecule has 2 heterocycles. The van der Waals surface area contributed by atoms with Crippen molar-refractivity contribution in [3.63, 3.8) is 0 Å². The SMILES string of the molecule is COc1ccc(N2C(=O)NC(=O)/C(=C/c3cn(C(C)C(=O)O)c4ccccc34)C2=O)c(OC)c1. The predicted octanol–water partition coefficient (Wildman–Crippen LogP) is 2.97. The monoisotopic (exact) mass is 463 g/mol. The Balaban J connectivity index is 1.83. The number of para-hydroxylation sites is 1. The highest BCUT2D eigenvalue weighted by Crippen LogP contribution is 2.35. The number of fused-ring (bicyclic) bond motifs is 1. The van der Waals surface area contributed by atoms with Crippen LogP contribution in [0.15, 0.2) is 54.2 Å². The van der Waals surface area contributed by atoms with E-state index < -0.39 is 29.9 Å². The normalized spacial score (nSPS) is 16.0. The minimum absolute atomic E-state index is 0.131. The van der Waals surface area contributed by atoms with Crippen LogP contribution in [-0.2, 0) is 14.4 Å². The van der Waals surface area contributed by atoms with Gasteiger partial charge >= 0.3 is 12.0 Å². The first-order chi connectivity index (χ1) is 16.3. The summed E-state index contributed by atoms with van der Waals surface area (Å²) in [6.45, 7) is 1.53. The van der Waals surface area contributed by atoms with Crippen LogP contribution in [0, 0.1) is 0 Å². The van der Waals surface area contributed by atoms with Crippen LogP contribution in [0.1, 0.15) is 18.5 Å². The molecule has 1 saturated heterocycles. The van der Waals surface area contributed by atoms with E-state index in [0.717, 1.165) is 4.90 Å². The highest BCUT2D eigenvalue weighted by atomic mass is 16.5. The van der Waals surface area contributed by atoms with E-state index in [9.17, 15) is 24.3 Å². The van der Waals surface area contributed by atoms with E-state index in [1.54, 1.807) is 41.1 Å². The maximum atomic E-state index is 13.3. The number of carboxylic acids is 1. The molecule has 2 N–H and O–H groups in total. The molecule has 10 nitrogen and oxygen atoms in total. The third-order valence-corrected chi connectivity index (χ3v) is 5.58. The van der Waals surface area contributed by atoms with E-state index in [1.165, 1.54) is 39.4 Å². The number of hydrogen-bond donors (Lipinski definition) is 2. The number of nitrogens with zero attached hydrogens (tertiary/aromatic N) is 2. The van der Waals surface area contributed by atoms with Crippen LogP contribution in [0.2, 0.25) is 0 Å². The zero-order chi connectivity index (χ0) is 24.6. The van der Waals surface area contributed by atoms with Crippen LogP contribution in [0.3, 0.4) is 0 Å². The van der Waals surface area contributed by atoms with E-state index in [0.29, 0.717) is 22.2 Å². The lowest BCUT2D eigenvalue weighted by Gasteiger charge is -2.27. The Morgan fingerprint density at radius 2 is 1.82 bits per heavy atom. The molecule has 2 aromatic carbocycles. The summed E-state index contributed by atoms with van der Waals surface area (Å²) in [5, 5.41) is 12.3. The molecule has 1 aromatic heterocycles.